The van der Waals surface area contributed by atoms with Crippen LogP contribution in [0.15, 0.2) is 45.6 Å². The minimum Gasteiger partial charge on any atom is -0.299 e. The molecule has 0 aliphatic rings. The average molecular weight is 339 g/mol. The van der Waals surface area contributed by atoms with E-state index in [-0.39, 0.29) is 12.1 Å². The number of rotatable bonds is 4. The van der Waals surface area contributed by atoms with Gasteiger partial charge in [0, 0.05) is 24.3 Å². The van der Waals surface area contributed by atoms with Crippen molar-refractivity contribution in [2.45, 2.75) is 20.0 Å². The van der Waals surface area contributed by atoms with Crippen molar-refractivity contribution in [2.75, 3.05) is 0 Å². The maximum absolute atomic E-state index is 12.3. The standard InChI is InChI=1S/C16H13N5O2S/c1-2-20-8-11(7-17)15(22)21(16(20)23)9-12-10-24-14(19-12)13-5-3-4-6-18-13/h3-6,8,10H,2,9H2,1H3. The summed E-state index contributed by atoms with van der Waals surface area (Å²) in [6, 6.07) is 7.36. The third kappa shape index (κ3) is 2.89. The van der Waals surface area contributed by atoms with Crippen molar-refractivity contribution >= 4 is 11.3 Å². The van der Waals surface area contributed by atoms with Crippen molar-refractivity contribution in [3.8, 4) is 16.8 Å². The van der Waals surface area contributed by atoms with E-state index in [9.17, 15) is 9.59 Å². The van der Waals surface area contributed by atoms with Gasteiger partial charge in [-0.2, -0.15) is 5.26 Å². The van der Waals surface area contributed by atoms with Gasteiger partial charge in [0.1, 0.15) is 16.6 Å². The lowest BCUT2D eigenvalue weighted by Crippen LogP contribution is -2.41. The molecule has 0 aliphatic carbocycles. The van der Waals surface area contributed by atoms with Gasteiger partial charge < -0.3 is 0 Å². The molecule has 3 aromatic rings. The van der Waals surface area contributed by atoms with Gasteiger partial charge >= 0.3 is 5.69 Å². The molecule has 0 amide bonds. The number of hydrogen-bond acceptors (Lipinski definition) is 6. The van der Waals surface area contributed by atoms with Crippen LogP contribution in [0.3, 0.4) is 0 Å². The van der Waals surface area contributed by atoms with Crippen LogP contribution >= 0.6 is 11.3 Å². The van der Waals surface area contributed by atoms with Crippen LogP contribution in [-0.4, -0.2) is 19.1 Å². The molecule has 0 N–H and O–H groups in total. The Balaban J connectivity index is 2.01. The van der Waals surface area contributed by atoms with E-state index in [0.29, 0.717) is 17.2 Å². The second-order valence-electron chi connectivity index (χ2n) is 4.97. The zero-order valence-corrected chi connectivity index (χ0v) is 13.7. The highest BCUT2D eigenvalue weighted by atomic mass is 32.1. The Kier molecular flexibility index (Phi) is 4.35. The first-order valence-electron chi connectivity index (χ1n) is 7.24. The lowest BCUT2D eigenvalue weighted by atomic mass is 10.3. The monoisotopic (exact) mass is 339 g/mol. The number of thiazole rings is 1. The van der Waals surface area contributed by atoms with Gasteiger partial charge in [0.05, 0.1) is 17.9 Å². The maximum Gasteiger partial charge on any atom is 0.331 e. The normalized spacial score (nSPS) is 10.5. The predicted molar refractivity (Wildman–Crippen MR) is 89.8 cm³/mol. The Morgan fingerprint density at radius 1 is 1.33 bits per heavy atom. The number of nitrogens with zero attached hydrogens (tertiary/aromatic N) is 5. The molecule has 0 unspecified atom stereocenters. The summed E-state index contributed by atoms with van der Waals surface area (Å²) in [7, 11) is 0. The summed E-state index contributed by atoms with van der Waals surface area (Å²) in [5.41, 5.74) is 0.209. The molecule has 7 nitrogen and oxygen atoms in total. The molecular weight excluding hydrogens is 326 g/mol. The highest BCUT2D eigenvalue weighted by molar-refractivity contribution is 7.13. The quantitative estimate of drug-likeness (QED) is 0.717. The van der Waals surface area contributed by atoms with E-state index in [0.717, 1.165) is 10.3 Å². The molecule has 0 saturated heterocycles. The summed E-state index contributed by atoms with van der Waals surface area (Å²) < 4.78 is 2.38. The SMILES string of the molecule is CCn1cc(C#N)c(=O)n(Cc2csc(-c3ccccn3)n2)c1=O. The molecule has 120 valence electrons. The van der Waals surface area contributed by atoms with E-state index in [1.165, 1.54) is 22.1 Å². The molecule has 0 fully saturated rings. The Labute approximate surface area is 141 Å². The smallest absolute Gasteiger partial charge is 0.299 e. The van der Waals surface area contributed by atoms with E-state index in [1.54, 1.807) is 18.5 Å². The molecule has 3 rings (SSSR count). The van der Waals surface area contributed by atoms with Crippen LogP contribution in [0.1, 0.15) is 18.2 Å². The highest BCUT2D eigenvalue weighted by Gasteiger charge is 2.13. The molecule has 0 spiro atoms. The third-order valence-electron chi connectivity index (χ3n) is 3.45. The molecule has 0 saturated carbocycles. The molecule has 8 heteroatoms. The molecule has 0 aromatic carbocycles. The second-order valence-corrected chi connectivity index (χ2v) is 5.83. The summed E-state index contributed by atoms with van der Waals surface area (Å²) in [6.07, 6.45) is 2.97. The van der Waals surface area contributed by atoms with E-state index in [2.05, 4.69) is 9.97 Å². The van der Waals surface area contributed by atoms with Crippen LogP contribution < -0.4 is 11.2 Å². The first-order valence-corrected chi connectivity index (χ1v) is 8.12. The molecular formula is C16H13N5O2S. The number of nitriles is 1. The van der Waals surface area contributed by atoms with Gasteiger partial charge in [-0.1, -0.05) is 6.07 Å². The van der Waals surface area contributed by atoms with Crippen LogP contribution in [0.2, 0.25) is 0 Å². The summed E-state index contributed by atoms with van der Waals surface area (Å²) in [5.74, 6) is 0. The van der Waals surface area contributed by atoms with Crippen LogP contribution in [-0.2, 0) is 13.1 Å². The van der Waals surface area contributed by atoms with Crippen LogP contribution in [0.4, 0.5) is 0 Å². The first-order chi connectivity index (χ1) is 11.6. The van der Waals surface area contributed by atoms with Crippen molar-refractivity contribution in [2.24, 2.45) is 0 Å². The minimum absolute atomic E-state index is 0.0243. The summed E-state index contributed by atoms with van der Waals surface area (Å²) in [5, 5.41) is 11.6. The zero-order chi connectivity index (χ0) is 17.1. The van der Waals surface area contributed by atoms with E-state index < -0.39 is 11.2 Å². The van der Waals surface area contributed by atoms with Crippen molar-refractivity contribution in [3.05, 3.63) is 68.1 Å². The van der Waals surface area contributed by atoms with Gasteiger partial charge in [0.25, 0.3) is 5.56 Å². The van der Waals surface area contributed by atoms with Crippen molar-refractivity contribution < 1.29 is 0 Å². The van der Waals surface area contributed by atoms with Gasteiger partial charge in [-0.3, -0.25) is 18.9 Å². The third-order valence-corrected chi connectivity index (χ3v) is 4.37. The van der Waals surface area contributed by atoms with Crippen molar-refractivity contribution in [1.82, 2.24) is 19.1 Å². The lowest BCUT2D eigenvalue weighted by Gasteiger charge is -2.08. The van der Waals surface area contributed by atoms with Gasteiger partial charge in [-0.05, 0) is 19.1 Å². The van der Waals surface area contributed by atoms with E-state index in [4.69, 9.17) is 5.26 Å². The average Bonchev–Trinajstić information content (AvgIpc) is 3.08. The minimum atomic E-state index is -0.598. The van der Waals surface area contributed by atoms with Crippen molar-refractivity contribution in [3.63, 3.8) is 0 Å². The Morgan fingerprint density at radius 2 is 2.17 bits per heavy atom. The van der Waals surface area contributed by atoms with Gasteiger partial charge in [-0.15, -0.1) is 11.3 Å². The molecule has 0 radical (unpaired) electrons. The van der Waals surface area contributed by atoms with Crippen molar-refractivity contribution in [1.29, 1.82) is 5.26 Å². The highest BCUT2D eigenvalue weighted by Crippen LogP contribution is 2.21. The molecule has 3 aromatic heterocycles. The van der Waals surface area contributed by atoms with E-state index >= 15 is 0 Å². The van der Waals surface area contributed by atoms with Gasteiger partial charge in [0.15, 0.2) is 0 Å². The Morgan fingerprint density at radius 3 is 2.83 bits per heavy atom. The molecule has 0 aliphatic heterocycles. The molecule has 3 heterocycles. The molecule has 24 heavy (non-hydrogen) atoms. The number of aryl methyl sites for hydroxylation is 1. The fourth-order valence-electron chi connectivity index (χ4n) is 2.24. The summed E-state index contributed by atoms with van der Waals surface area (Å²) in [4.78, 5) is 33.3. The molecule has 0 atom stereocenters. The van der Waals surface area contributed by atoms with E-state index in [1.807, 2.05) is 24.3 Å². The number of pyridine rings is 1. The summed E-state index contributed by atoms with van der Waals surface area (Å²) >= 11 is 1.39. The predicted octanol–water partition coefficient (Wildman–Crippen LogP) is 1.47. The fourth-order valence-corrected chi connectivity index (χ4v) is 3.03. The lowest BCUT2D eigenvalue weighted by molar-refractivity contribution is 0.593. The van der Waals surface area contributed by atoms with Crippen LogP contribution in [0.5, 0.6) is 0 Å². The van der Waals surface area contributed by atoms with Crippen LogP contribution in [0.25, 0.3) is 10.7 Å². The Hall–Kier alpha value is -3.05. The number of aromatic nitrogens is 4. The first kappa shape index (κ1) is 15.8. The van der Waals surface area contributed by atoms with Crippen LogP contribution in [0, 0.1) is 11.3 Å². The Bertz CT molecular complexity index is 1030. The zero-order valence-electron chi connectivity index (χ0n) is 12.8. The maximum atomic E-state index is 12.3. The molecule has 0 bridgehead atoms. The second kappa shape index (κ2) is 6.60. The largest absolute Gasteiger partial charge is 0.331 e. The fraction of sp³-hybridized carbons (Fsp3) is 0.188. The van der Waals surface area contributed by atoms with Gasteiger partial charge in [-0.25, -0.2) is 9.78 Å². The summed E-state index contributed by atoms with van der Waals surface area (Å²) in [6.45, 7) is 2.18. The number of hydrogen-bond donors (Lipinski definition) is 0. The topological polar surface area (TPSA) is 93.6 Å². The van der Waals surface area contributed by atoms with Gasteiger partial charge in [0.2, 0.25) is 0 Å².